The minimum atomic E-state index is -0.0578. The van der Waals surface area contributed by atoms with Gasteiger partial charge in [-0.15, -0.1) is 0 Å². The summed E-state index contributed by atoms with van der Waals surface area (Å²) in [6.45, 7) is 0.733. The Bertz CT molecular complexity index is 261. The molecule has 0 unspecified atom stereocenters. The van der Waals surface area contributed by atoms with Crippen LogP contribution in [0.2, 0.25) is 0 Å². The van der Waals surface area contributed by atoms with Crippen molar-refractivity contribution in [2.45, 2.75) is 19.3 Å². The molecule has 0 saturated heterocycles. The maximum Gasteiger partial charge on any atom is 0.254 e. The Hall–Kier alpha value is -0.840. The van der Waals surface area contributed by atoms with Gasteiger partial charge in [-0.1, -0.05) is 22.4 Å². The van der Waals surface area contributed by atoms with E-state index in [4.69, 9.17) is 0 Å². The SMILES string of the molecule is O=C(NCCCCCBr)c1cn[nH]c1. The van der Waals surface area contributed by atoms with Crippen LogP contribution in [0.25, 0.3) is 0 Å². The van der Waals surface area contributed by atoms with Gasteiger partial charge >= 0.3 is 0 Å². The third-order valence-electron chi connectivity index (χ3n) is 1.86. The lowest BCUT2D eigenvalue weighted by atomic mass is 10.2. The Labute approximate surface area is 91.6 Å². The number of rotatable bonds is 6. The lowest BCUT2D eigenvalue weighted by Crippen LogP contribution is -2.23. The van der Waals surface area contributed by atoms with E-state index in [-0.39, 0.29) is 5.91 Å². The molecule has 0 aliphatic rings. The smallest absolute Gasteiger partial charge is 0.254 e. The highest BCUT2D eigenvalue weighted by Crippen LogP contribution is 1.98. The first kappa shape index (κ1) is 11.2. The number of nitrogens with zero attached hydrogens (tertiary/aromatic N) is 1. The van der Waals surface area contributed by atoms with Crippen molar-refractivity contribution < 1.29 is 4.79 Å². The molecule has 0 fully saturated rings. The van der Waals surface area contributed by atoms with Crippen molar-refractivity contribution in [3.63, 3.8) is 0 Å². The van der Waals surface area contributed by atoms with Crippen LogP contribution < -0.4 is 5.32 Å². The first-order valence-electron chi connectivity index (χ1n) is 4.67. The number of aromatic amines is 1. The third-order valence-corrected chi connectivity index (χ3v) is 2.42. The predicted molar refractivity (Wildman–Crippen MR) is 58.6 cm³/mol. The molecular weight excluding hydrogens is 246 g/mol. The number of unbranched alkanes of at least 4 members (excludes halogenated alkanes) is 2. The summed E-state index contributed by atoms with van der Waals surface area (Å²) in [4.78, 5) is 11.4. The molecule has 2 N–H and O–H groups in total. The second-order valence-corrected chi connectivity index (χ2v) is 3.79. The summed E-state index contributed by atoms with van der Waals surface area (Å²) in [6.07, 6.45) is 6.43. The van der Waals surface area contributed by atoms with Crippen molar-refractivity contribution in [1.82, 2.24) is 15.5 Å². The molecule has 0 bridgehead atoms. The van der Waals surface area contributed by atoms with Gasteiger partial charge in [-0.3, -0.25) is 9.89 Å². The number of hydrogen-bond acceptors (Lipinski definition) is 2. The summed E-state index contributed by atoms with van der Waals surface area (Å²) in [7, 11) is 0. The number of hydrogen-bond donors (Lipinski definition) is 2. The van der Waals surface area contributed by atoms with Gasteiger partial charge in [-0.2, -0.15) is 5.10 Å². The van der Waals surface area contributed by atoms with Crippen molar-refractivity contribution in [2.75, 3.05) is 11.9 Å². The molecule has 0 saturated carbocycles. The molecule has 0 aromatic carbocycles. The van der Waals surface area contributed by atoms with Crippen LogP contribution >= 0.6 is 15.9 Å². The van der Waals surface area contributed by atoms with Crippen molar-refractivity contribution >= 4 is 21.8 Å². The normalized spacial score (nSPS) is 10.1. The highest BCUT2D eigenvalue weighted by molar-refractivity contribution is 9.09. The minimum absolute atomic E-state index is 0.0578. The fourth-order valence-electron chi connectivity index (χ4n) is 1.08. The number of H-pyrrole nitrogens is 1. The standard InChI is InChI=1S/C9H14BrN3O/c10-4-2-1-3-5-11-9(14)8-6-12-13-7-8/h6-7H,1-5H2,(H,11,14)(H,12,13). The van der Waals surface area contributed by atoms with E-state index in [0.29, 0.717) is 5.56 Å². The minimum Gasteiger partial charge on any atom is -0.352 e. The number of carbonyl (C=O) groups is 1. The zero-order valence-corrected chi connectivity index (χ0v) is 9.51. The van der Waals surface area contributed by atoms with Gasteiger partial charge in [0.15, 0.2) is 0 Å². The zero-order chi connectivity index (χ0) is 10.2. The number of aromatic nitrogens is 2. The van der Waals surface area contributed by atoms with Gasteiger partial charge in [-0.05, 0) is 12.8 Å². The molecule has 14 heavy (non-hydrogen) atoms. The topological polar surface area (TPSA) is 57.8 Å². The van der Waals surface area contributed by atoms with E-state index in [2.05, 4.69) is 31.4 Å². The largest absolute Gasteiger partial charge is 0.352 e. The number of amides is 1. The predicted octanol–water partition coefficient (Wildman–Crippen LogP) is 1.70. The average molecular weight is 260 g/mol. The van der Waals surface area contributed by atoms with Crippen LogP contribution in [0.3, 0.4) is 0 Å². The lowest BCUT2D eigenvalue weighted by Gasteiger charge is -2.01. The summed E-state index contributed by atoms with van der Waals surface area (Å²) in [5.74, 6) is -0.0578. The molecule has 1 aromatic heterocycles. The fraction of sp³-hybridized carbons (Fsp3) is 0.556. The van der Waals surface area contributed by atoms with E-state index < -0.39 is 0 Å². The van der Waals surface area contributed by atoms with Gasteiger partial charge in [0.1, 0.15) is 0 Å². The third kappa shape index (κ3) is 3.91. The van der Waals surface area contributed by atoms with E-state index in [1.807, 2.05) is 0 Å². The highest BCUT2D eigenvalue weighted by atomic mass is 79.9. The first-order valence-corrected chi connectivity index (χ1v) is 5.79. The first-order chi connectivity index (χ1) is 6.84. The maximum atomic E-state index is 11.4. The molecule has 0 aliphatic carbocycles. The van der Waals surface area contributed by atoms with Crippen LogP contribution in [0, 0.1) is 0 Å². The molecule has 0 atom stereocenters. The van der Waals surface area contributed by atoms with E-state index in [9.17, 15) is 4.79 Å². The Balaban J connectivity index is 2.10. The second-order valence-electron chi connectivity index (χ2n) is 2.99. The molecule has 0 spiro atoms. The van der Waals surface area contributed by atoms with Crippen molar-refractivity contribution in [3.8, 4) is 0 Å². The van der Waals surface area contributed by atoms with Gasteiger partial charge in [-0.25, -0.2) is 0 Å². The Morgan fingerprint density at radius 3 is 3.00 bits per heavy atom. The molecule has 1 aromatic rings. The molecule has 1 rings (SSSR count). The Kier molecular flexibility index (Phi) is 5.29. The van der Waals surface area contributed by atoms with Gasteiger partial charge in [0.25, 0.3) is 5.91 Å². The lowest BCUT2D eigenvalue weighted by molar-refractivity contribution is 0.0953. The van der Waals surface area contributed by atoms with Crippen LogP contribution in [0.4, 0.5) is 0 Å². The van der Waals surface area contributed by atoms with Gasteiger partial charge in [0.05, 0.1) is 11.8 Å². The number of halogens is 1. The van der Waals surface area contributed by atoms with Gasteiger partial charge in [0, 0.05) is 18.1 Å². The van der Waals surface area contributed by atoms with Crippen molar-refractivity contribution in [3.05, 3.63) is 18.0 Å². The van der Waals surface area contributed by atoms with Crippen LogP contribution in [0.1, 0.15) is 29.6 Å². The number of carbonyl (C=O) groups excluding carboxylic acids is 1. The monoisotopic (exact) mass is 259 g/mol. The van der Waals surface area contributed by atoms with E-state index in [1.165, 1.54) is 6.20 Å². The quantitative estimate of drug-likeness (QED) is 0.604. The molecule has 0 radical (unpaired) electrons. The number of nitrogens with one attached hydrogen (secondary N) is 2. The van der Waals surface area contributed by atoms with Crippen LogP contribution in [-0.2, 0) is 0 Å². The fourth-order valence-corrected chi connectivity index (χ4v) is 1.47. The van der Waals surface area contributed by atoms with E-state index in [1.54, 1.807) is 6.20 Å². The Morgan fingerprint density at radius 2 is 2.36 bits per heavy atom. The summed E-state index contributed by atoms with van der Waals surface area (Å²) in [6, 6.07) is 0. The average Bonchev–Trinajstić information content (AvgIpc) is 2.70. The van der Waals surface area contributed by atoms with Crippen LogP contribution in [0.5, 0.6) is 0 Å². The zero-order valence-electron chi connectivity index (χ0n) is 7.92. The summed E-state index contributed by atoms with van der Waals surface area (Å²) >= 11 is 3.36. The molecule has 1 heterocycles. The summed E-state index contributed by atoms with van der Waals surface area (Å²) < 4.78 is 0. The van der Waals surface area contributed by atoms with Crippen LogP contribution in [0.15, 0.2) is 12.4 Å². The Morgan fingerprint density at radius 1 is 1.50 bits per heavy atom. The van der Waals surface area contributed by atoms with Gasteiger partial charge < -0.3 is 5.32 Å². The molecule has 1 amide bonds. The van der Waals surface area contributed by atoms with E-state index >= 15 is 0 Å². The highest BCUT2D eigenvalue weighted by Gasteiger charge is 2.04. The summed E-state index contributed by atoms with van der Waals surface area (Å²) in [5, 5.41) is 10.2. The molecule has 78 valence electrons. The summed E-state index contributed by atoms with van der Waals surface area (Å²) in [5.41, 5.74) is 0.588. The second kappa shape index (κ2) is 6.59. The van der Waals surface area contributed by atoms with Crippen molar-refractivity contribution in [1.29, 1.82) is 0 Å². The molecule has 4 nitrogen and oxygen atoms in total. The van der Waals surface area contributed by atoms with Crippen LogP contribution in [-0.4, -0.2) is 28.0 Å². The maximum absolute atomic E-state index is 11.4. The molecule has 0 aliphatic heterocycles. The van der Waals surface area contributed by atoms with Gasteiger partial charge in [0.2, 0.25) is 0 Å². The van der Waals surface area contributed by atoms with E-state index in [0.717, 1.165) is 31.1 Å². The molecular formula is C9H14BrN3O. The molecule has 5 heteroatoms. The van der Waals surface area contributed by atoms with Crippen molar-refractivity contribution in [2.24, 2.45) is 0 Å². The number of alkyl halides is 1.